The second-order valence-corrected chi connectivity index (χ2v) is 9.36. The lowest BCUT2D eigenvalue weighted by Gasteiger charge is -2.43. The van der Waals surface area contributed by atoms with Crippen LogP contribution in [0.1, 0.15) is 11.4 Å². The number of hydrogen-bond acceptors (Lipinski definition) is 8. The lowest BCUT2D eigenvalue weighted by molar-refractivity contribution is -0.126. The Labute approximate surface area is 171 Å². The Morgan fingerprint density at radius 2 is 2.04 bits per heavy atom. The number of carbonyl (C=O) groups excluding carboxylic acids is 1. The molecule has 150 valence electrons. The van der Waals surface area contributed by atoms with Gasteiger partial charge in [0.05, 0.1) is 5.69 Å². The fourth-order valence-corrected chi connectivity index (χ4v) is 5.37. The van der Waals surface area contributed by atoms with E-state index in [0.29, 0.717) is 12.1 Å². The van der Waals surface area contributed by atoms with Gasteiger partial charge in [-0.25, -0.2) is 4.39 Å². The summed E-state index contributed by atoms with van der Waals surface area (Å²) in [5.74, 6) is 0.636. The summed E-state index contributed by atoms with van der Waals surface area (Å²) >= 11 is 3.20. The van der Waals surface area contributed by atoms with Crippen molar-refractivity contribution in [2.24, 2.45) is 0 Å². The summed E-state index contributed by atoms with van der Waals surface area (Å²) < 4.78 is 14.9. The number of halogens is 1. The highest BCUT2D eigenvalue weighted by atomic mass is 32.2. The first-order valence-corrected chi connectivity index (χ1v) is 11.1. The number of nitrogens with zero attached hydrogens (tertiary/aromatic N) is 4. The summed E-state index contributed by atoms with van der Waals surface area (Å²) in [6.45, 7) is 4.88. The van der Waals surface area contributed by atoms with Gasteiger partial charge in [-0.2, -0.15) is 0 Å². The minimum Gasteiger partial charge on any atom is -0.367 e. The first-order chi connectivity index (χ1) is 13.6. The highest BCUT2D eigenvalue weighted by molar-refractivity contribution is 8.01. The van der Waals surface area contributed by atoms with Crippen molar-refractivity contribution in [3.8, 4) is 0 Å². The molecule has 0 bridgehead atoms. The van der Waals surface area contributed by atoms with Crippen LogP contribution in [0, 0.1) is 12.7 Å². The molecule has 2 fully saturated rings. The minimum absolute atomic E-state index is 0.0549. The Balaban J connectivity index is 1.31. The van der Waals surface area contributed by atoms with Crippen molar-refractivity contribution in [1.82, 2.24) is 25.7 Å². The second kappa shape index (κ2) is 8.73. The molecule has 2 saturated heterocycles. The van der Waals surface area contributed by atoms with Gasteiger partial charge in [-0.05, 0) is 19.1 Å². The van der Waals surface area contributed by atoms with Crippen LogP contribution in [0.5, 0.6) is 0 Å². The third-order valence-electron chi connectivity index (χ3n) is 4.91. The maximum Gasteiger partial charge on any atom is 0.223 e. The lowest BCUT2D eigenvalue weighted by atomic mass is 10.1. The summed E-state index contributed by atoms with van der Waals surface area (Å²) in [5.41, 5.74) is 0.643. The molecule has 0 aliphatic carbocycles. The summed E-state index contributed by atoms with van der Waals surface area (Å²) in [5, 5.41) is 15.7. The van der Waals surface area contributed by atoms with Crippen molar-refractivity contribution >= 4 is 34.7 Å². The Morgan fingerprint density at radius 3 is 2.75 bits per heavy atom. The molecule has 7 nitrogen and oxygen atoms in total. The predicted octanol–water partition coefficient (Wildman–Crippen LogP) is 1.66. The maximum atomic E-state index is 14.0. The van der Waals surface area contributed by atoms with Crippen molar-refractivity contribution in [2.45, 2.75) is 30.0 Å². The number of rotatable bonds is 5. The Hall–Kier alpha value is -1.75. The molecule has 3 heterocycles. The third kappa shape index (κ3) is 4.62. The molecule has 2 aromatic rings. The van der Waals surface area contributed by atoms with Crippen LogP contribution < -0.4 is 15.5 Å². The van der Waals surface area contributed by atoms with E-state index in [1.807, 2.05) is 19.1 Å². The predicted molar refractivity (Wildman–Crippen MR) is 109 cm³/mol. The lowest BCUT2D eigenvalue weighted by Crippen LogP contribution is -2.67. The smallest absolute Gasteiger partial charge is 0.223 e. The van der Waals surface area contributed by atoms with Gasteiger partial charge >= 0.3 is 0 Å². The Kier molecular flexibility index (Phi) is 6.10. The van der Waals surface area contributed by atoms with E-state index in [1.54, 1.807) is 29.2 Å². The van der Waals surface area contributed by atoms with E-state index < -0.39 is 0 Å². The van der Waals surface area contributed by atoms with Crippen LogP contribution in [0.15, 0.2) is 28.6 Å². The Morgan fingerprint density at radius 1 is 1.25 bits per heavy atom. The van der Waals surface area contributed by atoms with Crippen molar-refractivity contribution in [3.05, 3.63) is 35.1 Å². The van der Waals surface area contributed by atoms with Crippen LogP contribution in [0.4, 0.5) is 10.1 Å². The number of benzene rings is 1. The second-order valence-electron chi connectivity index (χ2n) is 6.91. The molecule has 1 aromatic carbocycles. The topological polar surface area (TPSA) is 73.4 Å². The zero-order chi connectivity index (χ0) is 19.5. The number of aryl methyl sites for hydroxylation is 1. The van der Waals surface area contributed by atoms with Crippen molar-refractivity contribution in [2.75, 3.05) is 36.8 Å². The third-order valence-corrected chi connectivity index (χ3v) is 7.05. The van der Waals surface area contributed by atoms with Crippen LogP contribution in [0.2, 0.25) is 0 Å². The van der Waals surface area contributed by atoms with Crippen LogP contribution in [-0.2, 0) is 4.79 Å². The van der Waals surface area contributed by atoms with E-state index in [4.69, 9.17) is 0 Å². The molecular weight excluding hydrogens is 399 g/mol. The van der Waals surface area contributed by atoms with Gasteiger partial charge in [-0.3, -0.25) is 15.0 Å². The molecule has 10 heteroatoms. The normalized spacial score (nSPS) is 23.6. The summed E-state index contributed by atoms with van der Waals surface area (Å²) in [6, 6.07) is 6.95. The van der Waals surface area contributed by atoms with Gasteiger partial charge in [0.1, 0.15) is 17.1 Å². The van der Waals surface area contributed by atoms with Gasteiger partial charge in [0.25, 0.3) is 0 Å². The van der Waals surface area contributed by atoms with Gasteiger partial charge in [0, 0.05) is 44.4 Å². The first-order valence-electron chi connectivity index (χ1n) is 9.30. The minimum atomic E-state index is -0.191. The van der Waals surface area contributed by atoms with Crippen molar-refractivity contribution in [1.29, 1.82) is 0 Å². The number of thioether (sulfide) groups is 1. The summed E-state index contributed by atoms with van der Waals surface area (Å²) in [4.78, 5) is 16.5. The number of para-hydroxylation sites is 1. The zero-order valence-corrected chi connectivity index (χ0v) is 17.2. The molecule has 0 radical (unpaired) electrons. The molecule has 1 amide bonds. The average Bonchev–Trinajstić information content (AvgIpc) is 3.12. The molecule has 4 rings (SSSR count). The SMILES string of the molecule is Cc1nnc(SCC2CC(=O)NC(N3CCN(c4ccccc4F)CC3)N2)s1. The van der Waals surface area contributed by atoms with Gasteiger partial charge in [-0.15, -0.1) is 10.2 Å². The summed E-state index contributed by atoms with van der Waals surface area (Å²) in [7, 11) is 0. The number of hydrogen-bond donors (Lipinski definition) is 2. The number of nitrogens with one attached hydrogen (secondary N) is 2. The van der Waals surface area contributed by atoms with E-state index in [9.17, 15) is 9.18 Å². The monoisotopic (exact) mass is 422 g/mol. The molecule has 0 spiro atoms. The number of anilines is 1. The van der Waals surface area contributed by atoms with Crippen molar-refractivity contribution in [3.63, 3.8) is 0 Å². The molecule has 2 atom stereocenters. The maximum absolute atomic E-state index is 14.0. The van der Waals surface area contributed by atoms with E-state index in [2.05, 4.69) is 30.6 Å². The van der Waals surface area contributed by atoms with E-state index in [0.717, 1.165) is 41.3 Å². The first kappa shape index (κ1) is 19.6. The van der Waals surface area contributed by atoms with Crippen LogP contribution in [0.3, 0.4) is 0 Å². The molecular formula is C18H23FN6OS2. The number of piperazine rings is 1. The van der Waals surface area contributed by atoms with Gasteiger partial charge in [0.15, 0.2) is 4.34 Å². The highest BCUT2D eigenvalue weighted by Crippen LogP contribution is 2.24. The van der Waals surface area contributed by atoms with Gasteiger partial charge < -0.3 is 10.2 Å². The average molecular weight is 423 g/mol. The number of amides is 1. The number of aromatic nitrogens is 2. The molecule has 1 aromatic heterocycles. The molecule has 2 aliphatic rings. The van der Waals surface area contributed by atoms with E-state index >= 15 is 0 Å². The van der Waals surface area contributed by atoms with E-state index in [-0.39, 0.29) is 24.1 Å². The van der Waals surface area contributed by atoms with Gasteiger partial charge in [0.2, 0.25) is 5.91 Å². The molecule has 2 aliphatic heterocycles. The fraction of sp³-hybridized carbons (Fsp3) is 0.500. The van der Waals surface area contributed by atoms with Crippen LogP contribution >= 0.6 is 23.1 Å². The molecule has 2 unspecified atom stereocenters. The largest absolute Gasteiger partial charge is 0.367 e. The van der Waals surface area contributed by atoms with Crippen LogP contribution in [0.25, 0.3) is 0 Å². The van der Waals surface area contributed by atoms with Crippen LogP contribution in [-0.4, -0.2) is 65.3 Å². The fourth-order valence-electron chi connectivity index (χ4n) is 3.50. The highest BCUT2D eigenvalue weighted by Gasteiger charge is 2.32. The molecule has 28 heavy (non-hydrogen) atoms. The summed E-state index contributed by atoms with van der Waals surface area (Å²) in [6.07, 6.45) is 0.266. The zero-order valence-electron chi connectivity index (χ0n) is 15.6. The number of carbonyl (C=O) groups is 1. The quantitative estimate of drug-likeness (QED) is 0.710. The Bertz CT molecular complexity index is 826. The van der Waals surface area contributed by atoms with Gasteiger partial charge in [-0.1, -0.05) is 35.2 Å². The molecule has 2 N–H and O–H groups in total. The molecule has 0 saturated carbocycles. The standard InChI is InChI=1S/C18H23FN6OS2/c1-12-22-23-18(28-12)27-11-13-10-16(26)21-17(20-13)25-8-6-24(7-9-25)15-5-3-2-4-14(15)19/h2-5,13,17,20H,6-11H2,1H3,(H,21,26). The van der Waals surface area contributed by atoms with Crippen molar-refractivity contribution < 1.29 is 9.18 Å². The van der Waals surface area contributed by atoms with E-state index in [1.165, 1.54) is 6.07 Å².